The lowest BCUT2D eigenvalue weighted by Crippen LogP contribution is -2.30. The van der Waals surface area contributed by atoms with Gasteiger partial charge < -0.3 is 9.84 Å². The van der Waals surface area contributed by atoms with Crippen molar-refractivity contribution in [2.24, 2.45) is 0 Å². The SMILES string of the molecule is O=C(Nc1ccc(-c2ccc(-c3noc(C(F)(F)F)n3)cc2)cn1)C(F)(F)F. The van der Waals surface area contributed by atoms with Gasteiger partial charge >= 0.3 is 24.2 Å². The van der Waals surface area contributed by atoms with E-state index in [4.69, 9.17) is 0 Å². The zero-order valence-electron chi connectivity index (χ0n) is 13.5. The van der Waals surface area contributed by atoms with Crippen LogP contribution >= 0.6 is 0 Å². The van der Waals surface area contributed by atoms with Crippen LogP contribution in [0.2, 0.25) is 0 Å². The molecular weight excluding hydrogens is 394 g/mol. The third-order valence-corrected chi connectivity index (χ3v) is 3.41. The normalized spacial score (nSPS) is 12.1. The lowest BCUT2D eigenvalue weighted by atomic mass is 10.1. The topological polar surface area (TPSA) is 80.9 Å². The zero-order valence-corrected chi connectivity index (χ0v) is 13.5. The molecular formula is C16H8F6N4O2. The molecule has 146 valence electrons. The average molecular weight is 402 g/mol. The Labute approximate surface area is 152 Å². The van der Waals surface area contributed by atoms with Gasteiger partial charge in [-0.25, -0.2) is 4.98 Å². The van der Waals surface area contributed by atoms with Crippen LogP contribution in [0.1, 0.15) is 5.89 Å². The van der Waals surface area contributed by atoms with Gasteiger partial charge in [-0.3, -0.25) is 4.79 Å². The molecule has 0 aliphatic rings. The van der Waals surface area contributed by atoms with Gasteiger partial charge in [0.05, 0.1) is 0 Å². The lowest BCUT2D eigenvalue weighted by molar-refractivity contribution is -0.167. The second kappa shape index (κ2) is 6.94. The number of benzene rings is 1. The molecule has 0 saturated carbocycles. The van der Waals surface area contributed by atoms with E-state index in [0.29, 0.717) is 11.1 Å². The van der Waals surface area contributed by atoms with Gasteiger partial charge in [-0.05, 0) is 17.7 Å². The van der Waals surface area contributed by atoms with Crippen molar-refractivity contribution in [3.05, 3.63) is 48.5 Å². The van der Waals surface area contributed by atoms with Crippen LogP contribution in [0.4, 0.5) is 32.2 Å². The van der Waals surface area contributed by atoms with Gasteiger partial charge in [0, 0.05) is 17.3 Å². The molecule has 28 heavy (non-hydrogen) atoms. The molecule has 3 rings (SSSR count). The van der Waals surface area contributed by atoms with Crippen LogP contribution in [0.5, 0.6) is 0 Å². The van der Waals surface area contributed by atoms with E-state index >= 15 is 0 Å². The van der Waals surface area contributed by atoms with Gasteiger partial charge in [0.25, 0.3) is 0 Å². The van der Waals surface area contributed by atoms with Crippen molar-refractivity contribution in [3.8, 4) is 22.5 Å². The molecule has 1 aromatic carbocycles. The highest BCUT2D eigenvalue weighted by Gasteiger charge is 2.39. The fraction of sp³-hybridized carbons (Fsp3) is 0.125. The Morgan fingerprint density at radius 2 is 1.50 bits per heavy atom. The van der Waals surface area contributed by atoms with E-state index in [2.05, 4.69) is 19.6 Å². The molecule has 0 fully saturated rings. The van der Waals surface area contributed by atoms with Crippen molar-refractivity contribution in [2.45, 2.75) is 12.4 Å². The number of halogens is 6. The minimum atomic E-state index is -5.03. The first-order valence-electron chi connectivity index (χ1n) is 7.40. The number of anilines is 1. The predicted molar refractivity (Wildman–Crippen MR) is 82.7 cm³/mol. The maximum absolute atomic E-state index is 12.5. The molecule has 0 saturated heterocycles. The molecule has 0 aliphatic carbocycles. The summed E-state index contributed by atoms with van der Waals surface area (Å²) in [4.78, 5) is 17.8. The van der Waals surface area contributed by atoms with Crippen LogP contribution < -0.4 is 5.32 Å². The minimum Gasteiger partial charge on any atom is -0.329 e. The quantitative estimate of drug-likeness (QED) is 0.660. The molecule has 1 N–H and O–H groups in total. The summed E-state index contributed by atoms with van der Waals surface area (Å²) < 4.78 is 78.2. The van der Waals surface area contributed by atoms with Gasteiger partial charge in [-0.15, -0.1) is 0 Å². The van der Waals surface area contributed by atoms with E-state index < -0.39 is 24.2 Å². The summed E-state index contributed by atoms with van der Waals surface area (Å²) in [5.74, 6) is -4.14. The molecule has 0 aliphatic heterocycles. The highest BCUT2D eigenvalue weighted by molar-refractivity contribution is 5.94. The molecule has 3 aromatic rings. The predicted octanol–water partition coefficient (Wildman–Crippen LogP) is 4.32. The molecule has 6 nitrogen and oxygen atoms in total. The number of pyridine rings is 1. The van der Waals surface area contributed by atoms with Crippen LogP contribution in [0.15, 0.2) is 47.1 Å². The van der Waals surface area contributed by atoms with Crippen LogP contribution in [0.3, 0.4) is 0 Å². The molecule has 1 amide bonds. The average Bonchev–Trinajstić information content (AvgIpc) is 3.12. The molecule has 12 heteroatoms. The number of rotatable bonds is 3. The zero-order chi connectivity index (χ0) is 20.5. The molecule has 2 heterocycles. The van der Waals surface area contributed by atoms with Crippen molar-refractivity contribution in [1.29, 1.82) is 0 Å². The highest BCUT2D eigenvalue weighted by atomic mass is 19.4. The summed E-state index contributed by atoms with van der Waals surface area (Å²) in [6.07, 6.45) is -8.55. The number of amides is 1. The van der Waals surface area contributed by atoms with E-state index in [9.17, 15) is 31.1 Å². The van der Waals surface area contributed by atoms with Gasteiger partial charge in [0.15, 0.2) is 0 Å². The first-order valence-corrected chi connectivity index (χ1v) is 7.40. The van der Waals surface area contributed by atoms with Crippen LogP contribution in [-0.2, 0) is 11.0 Å². The fourth-order valence-electron chi connectivity index (χ4n) is 2.09. The Hall–Kier alpha value is -3.44. The van der Waals surface area contributed by atoms with E-state index in [1.54, 1.807) is 5.32 Å². The largest absolute Gasteiger partial charge is 0.471 e. The Morgan fingerprint density at radius 1 is 0.893 bits per heavy atom. The summed E-state index contributed by atoms with van der Waals surface area (Å²) in [7, 11) is 0. The first-order chi connectivity index (χ1) is 13.0. The third-order valence-electron chi connectivity index (χ3n) is 3.41. The number of aromatic nitrogens is 3. The van der Waals surface area contributed by atoms with E-state index in [1.165, 1.54) is 42.6 Å². The number of hydrogen-bond acceptors (Lipinski definition) is 5. The lowest BCUT2D eigenvalue weighted by Gasteiger charge is -2.08. The van der Waals surface area contributed by atoms with Crippen molar-refractivity contribution in [3.63, 3.8) is 0 Å². The van der Waals surface area contributed by atoms with Crippen molar-refractivity contribution < 1.29 is 35.7 Å². The van der Waals surface area contributed by atoms with Gasteiger partial charge in [0.1, 0.15) is 5.82 Å². The summed E-state index contributed by atoms with van der Waals surface area (Å²) in [6, 6.07) is 8.55. The van der Waals surface area contributed by atoms with Crippen molar-refractivity contribution >= 4 is 11.7 Å². The maximum atomic E-state index is 12.5. The van der Waals surface area contributed by atoms with Crippen molar-refractivity contribution in [1.82, 2.24) is 15.1 Å². The Balaban J connectivity index is 1.75. The van der Waals surface area contributed by atoms with Gasteiger partial charge in [0.2, 0.25) is 5.82 Å². The Kier molecular flexibility index (Phi) is 4.79. The Morgan fingerprint density at radius 3 is 2.00 bits per heavy atom. The van der Waals surface area contributed by atoms with Gasteiger partial charge in [-0.1, -0.05) is 29.4 Å². The molecule has 0 unspecified atom stereocenters. The Bertz CT molecular complexity index is 978. The summed E-state index contributed by atoms with van der Waals surface area (Å²) >= 11 is 0. The maximum Gasteiger partial charge on any atom is 0.471 e. The number of alkyl halides is 6. The third kappa shape index (κ3) is 4.27. The van der Waals surface area contributed by atoms with Crippen LogP contribution in [0, 0.1) is 0 Å². The van der Waals surface area contributed by atoms with E-state index in [1.807, 2.05) is 0 Å². The number of carbonyl (C=O) groups excluding carboxylic acids is 1. The molecule has 0 atom stereocenters. The van der Waals surface area contributed by atoms with E-state index in [0.717, 1.165) is 0 Å². The van der Waals surface area contributed by atoms with Crippen molar-refractivity contribution in [2.75, 3.05) is 5.32 Å². The number of hydrogen-bond donors (Lipinski definition) is 1. The second-order valence-electron chi connectivity index (χ2n) is 5.38. The minimum absolute atomic E-state index is 0.248. The van der Waals surface area contributed by atoms with E-state index in [-0.39, 0.29) is 17.2 Å². The van der Waals surface area contributed by atoms with Crippen LogP contribution in [-0.4, -0.2) is 27.2 Å². The number of carbonyl (C=O) groups is 1. The molecule has 0 spiro atoms. The molecule has 2 aromatic heterocycles. The molecule has 0 bridgehead atoms. The summed E-state index contributed by atoms with van der Waals surface area (Å²) in [5, 5.41) is 4.88. The standard InChI is InChI=1S/C16H8F6N4O2/c17-15(18,19)13(27)24-11-6-5-10(7-23-11)8-1-3-9(4-2-8)12-25-14(28-26-12)16(20,21)22/h1-7H,(H,23,24,27). The number of nitrogens with one attached hydrogen (secondary N) is 1. The summed E-state index contributed by atoms with van der Waals surface area (Å²) in [6.45, 7) is 0. The monoisotopic (exact) mass is 402 g/mol. The fourth-order valence-corrected chi connectivity index (χ4v) is 2.09. The second-order valence-corrected chi connectivity index (χ2v) is 5.38. The first kappa shape index (κ1) is 19.3. The molecule has 0 radical (unpaired) electrons. The summed E-state index contributed by atoms with van der Waals surface area (Å²) in [5.41, 5.74) is 1.34. The number of nitrogens with zero attached hydrogens (tertiary/aromatic N) is 3. The highest BCUT2D eigenvalue weighted by Crippen LogP contribution is 2.30. The smallest absolute Gasteiger partial charge is 0.329 e. The van der Waals surface area contributed by atoms with Gasteiger partial charge in [-0.2, -0.15) is 31.3 Å². The van der Waals surface area contributed by atoms with Crippen LogP contribution in [0.25, 0.3) is 22.5 Å².